The van der Waals surface area contributed by atoms with Gasteiger partial charge in [0.25, 0.3) is 0 Å². The van der Waals surface area contributed by atoms with Crippen LogP contribution < -0.4 is 5.32 Å². The SMILES string of the molecule is CCOC(=O)Cc1csc(N=C2NC(=O)CS2)n1. The molecule has 0 atom stereocenters. The summed E-state index contributed by atoms with van der Waals surface area (Å²) in [4.78, 5) is 30.6. The molecule has 0 radical (unpaired) electrons. The molecule has 1 N–H and O–H groups in total. The van der Waals surface area contributed by atoms with Crippen LogP contribution in [0.4, 0.5) is 5.13 Å². The van der Waals surface area contributed by atoms with Gasteiger partial charge in [0, 0.05) is 5.38 Å². The van der Waals surface area contributed by atoms with Gasteiger partial charge in [-0.2, -0.15) is 4.99 Å². The summed E-state index contributed by atoms with van der Waals surface area (Å²) in [5.41, 5.74) is 0.632. The van der Waals surface area contributed by atoms with E-state index in [2.05, 4.69) is 15.3 Å². The van der Waals surface area contributed by atoms with E-state index in [1.165, 1.54) is 23.1 Å². The number of nitrogens with one attached hydrogen (secondary N) is 1. The molecule has 0 bridgehead atoms. The normalized spacial score (nSPS) is 16.9. The van der Waals surface area contributed by atoms with Crippen molar-refractivity contribution in [3.63, 3.8) is 0 Å². The molecule has 1 aliphatic heterocycles. The van der Waals surface area contributed by atoms with Crippen LogP contribution in [0, 0.1) is 0 Å². The number of carbonyl (C=O) groups excluding carboxylic acids is 2. The lowest BCUT2D eigenvalue weighted by Gasteiger charge is -1.97. The van der Waals surface area contributed by atoms with Gasteiger partial charge in [0.15, 0.2) is 5.17 Å². The average Bonchev–Trinajstić information content (AvgIpc) is 2.89. The second-order valence-corrected chi connectivity index (χ2v) is 5.16. The highest BCUT2D eigenvalue weighted by Crippen LogP contribution is 2.22. The predicted molar refractivity (Wildman–Crippen MR) is 70.1 cm³/mol. The summed E-state index contributed by atoms with van der Waals surface area (Å²) < 4.78 is 4.83. The lowest BCUT2D eigenvalue weighted by molar-refractivity contribution is -0.142. The predicted octanol–water partition coefficient (Wildman–Crippen LogP) is 1.10. The number of hydrogen-bond donors (Lipinski definition) is 1. The van der Waals surface area contributed by atoms with Crippen LogP contribution >= 0.6 is 23.1 Å². The summed E-state index contributed by atoms with van der Waals surface area (Å²) in [6, 6.07) is 0. The van der Waals surface area contributed by atoms with Crippen molar-refractivity contribution >= 4 is 45.3 Å². The van der Waals surface area contributed by atoms with E-state index in [-0.39, 0.29) is 18.3 Å². The van der Waals surface area contributed by atoms with Gasteiger partial charge >= 0.3 is 5.97 Å². The molecule has 0 aromatic carbocycles. The number of hydrogen-bond acceptors (Lipinski definition) is 7. The first-order chi connectivity index (χ1) is 8.67. The summed E-state index contributed by atoms with van der Waals surface area (Å²) in [5.74, 6) is 0.0347. The first-order valence-corrected chi connectivity index (χ1v) is 7.15. The number of aromatic nitrogens is 1. The lowest BCUT2D eigenvalue weighted by Crippen LogP contribution is -2.19. The van der Waals surface area contributed by atoms with E-state index in [0.29, 0.717) is 28.4 Å². The van der Waals surface area contributed by atoms with Crippen molar-refractivity contribution in [1.29, 1.82) is 0 Å². The van der Waals surface area contributed by atoms with E-state index in [0.717, 1.165) is 0 Å². The molecule has 1 saturated heterocycles. The van der Waals surface area contributed by atoms with Gasteiger partial charge in [0.05, 0.1) is 24.5 Å². The largest absolute Gasteiger partial charge is 0.466 e. The fourth-order valence-electron chi connectivity index (χ4n) is 1.26. The molecule has 1 aromatic rings. The molecule has 1 amide bonds. The maximum Gasteiger partial charge on any atom is 0.311 e. The average molecular weight is 285 g/mol. The molecule has 0 spiro atoms. The number of rotatable bonds is 4. The van der Waals surface area contributed by atoms with E-state index < -0.39 is 0 Å². The summed E-state index contributed by atoms with van der Waals surface area (Å²) >= 11 is 2.67. The van der Waals surface area contributed by atoms with Crippen molar-refractivity contribution in [2.45, 2.75) is 13.3 Å². The van der Waals surface area contributed by atoms with Crippen LogP contribution in [0.2, 0.25) is 0 Å². The third-order valence-electron chi connectivity index (χ3n) is 1.95. The summed E-state index contributed by atoms with van der Waals surface area (Å²) in [6.45, 7) is 2.12. The molecule has 0 saturated carbocycles. The van der Waals surface area contributed by atoms with Crippen LogP contribution in [0.3, 0.4) is 0 Å². The minimum absolute atomic E-state index is 0.0537. The quantitative estimate of drug-likeness (QED) is 0.838. The molecule has 6 nitrogen and oxygen atoms in total. The molecule has 2 heterocycles. The second kappa shape index (κ2) is 5.96. The van der Waals surface area contributed by atoms with Gasteiger partial charge in [-0.3, -0.25) is 9.59 Å². The van der Waals surface area contributed by atoms with E-state index in [4.69, 9.17) is 4.74 Å². The Morgan fingerprint density at radius 3 is 3.17 bits per heavy atom. The number of thioether (sulfide) groups is 1. The Morgan fingerprint density at radius 2 is 2.50 bits per heavy atom. The molecular weight excluding hydrogens is 274 g/mol. The molecule has 8 heteroatoms. The summed E-state index contributed by atoms with van der Waals surface area (Å²) in [6.07, 6.45) is 0.148. The number of carbonyl (C=O) groups is 2. The highest BCUT2D eigenvalue weighted by molar-refractivity contribution is 8.15. The minimum Gasteiger partial charge on any atom is -0.466 e. The van der Waals surface area contributed by atoms with Crippen LogP contribution in [0.1, 0.15) is 12.6 Å². The zero-order chi connectivity index (χ0) is 13.0. The summed E-state index contributed by atoms with van der Waals surface area (Å²) in [5, 5.41) is 5.46. The Hall–Kier alpha value is -1.41. The fourth-order valence-corrected chi connectivity index (χ4v) is 2.69. The Kier molecular flexibility index (Phi) is 4.32. The van der Waals surface area contributed by atoms with Crippen molar-refractivity contribution in [3.05, 3.63) is 11.1 Å². The van der Waals surface area contributed by atoms with Crippen LogP contribution in [-0.4, -0.2) is 34.4 Å². The van der Waals surface area contributed by atoms with Crippen molar-refractivity contribution in [2.24, 2.45) is 4.99 Å². The third-order valence-corrected chi connectivity index (χ3v) is 3.61. The van der Waals surface area contributed by atoms with E-state index >= 15 is 0 Å². The Labute approximate surface area is 112 Å². The number of amides is 1. The topological polar surface area (TPSA) is 80.6 Å². The van der Waals surface area contributed by atoms with Gasteiger partial charge in [-0.15, -0.1) is 11.3 Å². The van der Waals surface area contributed by atoms with Gasteiger partial charge in [0.1, 0.15) is 0 Å². The van der Waals surface area contributed by atoms with Gasteiger partial charge in [-0.05, 0) is 6.92 Å². The molecule has 1 aromatic heterocycles. The Morgan fingerprint density at radius 1 is 1.67 bits per heavy atom. The van der Waals surface area contributed by atoms with E-state index in [9.17, 15) is 9.59 Å². The highest BCUT2D eigenvalue weighted by Gasteiger charge is 2.17. The van der Waals surface area contributed by atoms with Gasteiger partial charge in [0.2, 0.25) is 11.0 Å². The second-order valence-electron chi connectivity index (χ2n) is 3.36. The van der Waals surface area contributed by atoms with Crippen molar-refractivity contribution in [2.75, 3.05) is 12.4 Å². The van der Waals surface area contributed by atoms with Crippen molar-refractivity contribution in [1.82, 2.24) is 10.3 Å². The highest BCUT2D eigenvalue weighted by atomic mass is 32.2. The van der Waals surface area contributed by atoms with Crippen LogP contribution in [-0.2, 0) is 20.7 Å². The Balaban J connectivity index is 1.98. The third kappa shape index (κ3) is 3.54. The van der Waals surface area contributed by atoms with E-state index in [1.54, 1.807) is 12.3 Å². The minimum atomic E-state index is -0.300. The molecule has 0 unspecified atom stereocenters. The fraction of sp³-hybridized carbons (Fsp3) is 0.400. The molecule has 18 heavy (non-hydrogen) atoms. The van der Waals surface area contributed by atoms with Crippen molar-refractivity contribution in [3.8, 4) is 0 Å². The number of thiazole rings is 1. The number of amidine groups is 1. The molecule has 1 aliphatic rings. The number of ether oxygens (including phenoxy) is 1. The van der Waals surface area contributed by atoms with Crippen LogP contribution in [0.15, 0.2) is 10.4 Å². The monoisotopic (exact) mass is 285 g/mol. The van der Waals surface area contributed by atoms with Gasteiger partial charge in [-0.1, -0.05) is 11.8 Å². The zero-order valence-electron chi connectivity index (χ0n) is 9.63. The van der Waals surface area contributed by atoms with Gasteiger partial charge in [-0.25, -0.2) is 4.98 Å². The first-order valence-electron chi connectivity index (χ1n) is 5.28. The van der Waals surface area contributed by atoms with E-state index in [1.807, 2.05) is 0 Å². The number of aliphatic imine (C=N–C) groups is 1. The zero-order valence-corrected chi connectivity index (χ0v) is 11.3. The van der Waals surface area contributed by atoms with Crippen LogP contribution in [0.25, 0.3) is 0 Å². The lowest BCUT2D eigenvalue weighted by atomic mass is 10.3. The molecule has 1 fully saturated rings. The summed E-state index contributed by atoms with van der Waals surface area (Å²) in [7, 11) is 0. The van der Waals surface area contributed by atoms with Gasteiger partial charge < -0.3 is 10.1 Å². The molecule has 0 aliphatic carbocycles. The maximum atomic E-state index is 11.3. The standard InChI is InChI=1S/C10H11N3O3S2/c1-2-16-8(15)3-6-4-17-9(11-6)13-10-12-7(14)5-18-10/h4H,2-3,5H2,1H3,(H,11,12,13,14). The maximum absolute atomic E-state index is 11.3. The smallest absolute Gasteiger partial charge is 0.311 e. The molecule has 2 rings (SSSR count). The molecule has 96 valence electrons. The number of nitrogens with zero attached hydrogens (tertiary/aromatic N) is 2. The first kappa shape index (κ1) is 13.0. The number of esters is 1. The van der Waals surface area contributed by atoms with Crippen molar-refractivity contribution < 1.29 is 14.3 Å². The molecular formula is C10H11N3O3S2. The Bertz CT molecular complexity index is 498. The van der Waals surface area contributed by atoms with Crippen LogP contribution in [0.5, 0.6) is 0 Å².